The molecule has 0 aromatic heterocycles. The molecule has 1 saturated heterocycles. The molecular formula is C19H24N2O4. The zero-order chi connectivity index (χ0) is 17.9. The van der Waals surface area contributed by atoms with Gasteiger partial charge in [0.05, 0.1) is 18.2 Å². The summed E-state index contributed by atoms with van der Waals surface area (Å²) in [7, 11) is 0. The van der Waals surface area contributed by atoms with E-state index in [1.807, 2.05) is 30.3 Å². The van der Waals surface area contributed by atoms with E-state index in [4.69, 9.17) is 9.57 Å². The quantitative estimate of drug-likeness (QED) is 0.787. The molecule has 1 amide bonds. The first kappa shape index (κ1) is 17.5. The largest absolute Gasteiger partial charge is 0.466 e. The van der Waals surface area contributed by atoms with Crippen molar-refractivity contribution in [1.82, 2.24) is 4.90 Å². The fourth-order valence-electron chi connectivity index (χ4n) is 3.35. The second-order valence-electron chi connectivity index (χ2n) is 6.72. The first-order valence-corrected chi connectivity index (χ1v) is 8.80. The second kappa shape index (κ2) is 7.25. The molecule has 0 aliphatic carbocycles. The van der Waals surface area contributed by atoms with Gasteiger partial charge < -0.3 is 14.5 Å². The number of hydrogen-bond donors (Lipinski definition) is 0. The van der Waals surface area contributed by atoms with Crippen molar-refractivity contribution < 1.29 is 19.2 Å². The van der Waals surface area contributed by atoms with Crippen LogP contribution >= 0.6 is 0 Å². The highest BCUT2D eigenvalue weighted by Gasteiger charge is 2.45. The van der Waals surface area contributed by atoms with Gasteiger partial charge in [0, 0.05) is 19.5 Å². The number of esters is 1. The normalized spacial score (nSPS) is 23.8. The van der Waals surface area contributed by atoms with Gasteiger partial charge in [-0.25, -0.2) is 0 Å². The van der Waals surface area contributed by atoms with Crippen LogP contribution in [0, 0.1) is 5.92 Å². The monoisotopic (exact) mass is 344 g/mol. The third-order valence-corrected chi connectivity index (χ3v) is 4.82. The minimum Gasteiger partial charge on any atom is -0.466 e. The van der Waals surface area contributed by atoms with Crippen molar-refractivity contribution in [3.63, 3.8) is 0 Å². The Morgan fingerprint density at radius 1 is 1.28 bits per heavy atom. The van der Waals surface area contributed by atoms with Crippen LogP contribution in [-0.4, -0.2) is 47.8 Å². The summed E-state index contributed by atoms with van der Waals surface area (Å²) in [5.74, 6) is -0.338. The molecule has 0 bridgehead atoms. The van der Waals surface area contributed by atoms with Crippen LogP contribution in [0.1, 0.15) is 38.7 Å². The van der Waals surface area contributed by atoms with Crippen molar-refractivity contribution in [3.05, 3.63) is 35.9 Å². The van der Waals surface area contributed by atoms with E-state index in [0.29, 0.717) is 39.0 Å². The number of ether oxygens (including phenoxy) is 1. The van der Waals surface area contributed by atoms with Gasteiger partial charge in [-0.3, -0.25) is 9.59 Å². The van der Waals surface area contributed by atoms with Gasteiger partial charge in [0.2, 0.25) is 5.60 Å². The zero-order valence-corrected chi connectivity index (χ0v) is 14.7. The summed E-state index contributed by atoms with van der Waals surface area (Å²) in [5, 5.41) is 4.14. The standard InChI is InChI=1S/C19H24N2O4/c1-3-24-17(22)15-9-11-21(12-10-15)18(23)19(2)13-16(20-25-19)14-7-5-4-6-8-14/h4-8,15H,3,9-13H2,1-2H3/t19-/m0/s1. The maximum atomic E-state index is 12.9. The van der Waals surface area contributed by atoms with Gasteiger partial charge in [-0.15, -0.1) is 0 Å². The van der Waals surface area contributed by atoms with Crippen molar-refractivity contribution in [2.24, 2.45) is 11.1 Å². The molecule has 0 saturated carbocycles. The van der Waals surface area contributed by atoms with E-state index in [1.165, 1.54) is 0 Å². The van der Waals surface area contributed by atoms with E-state index >= 15 is 0 Å². The molecular weight excluding hydrogens is 320 g/mol. The fourth-order valence-corrected chi connectivity index (χ4v) is 3.35. The van der Waals surface area contributed by atoms with E-state index in [2.05, 4.69) is 5.16 Å². The molecule has 6 nitrogen and oxygen atoms in total. The molecule has 0 N–H and O–H groups in total. The molecule has 0 unspecified atom stereocenters. The lowest BCUT2D eigenvalue weighted by atomic mass is 9.92. The van der Waals surface area contributed by atoms with E-state index in [0.717, 1.165) is 11.3 Å². The van der Waals surface area contributed by atoms with E-state index in [9.17, 15) is 9.59 Å². The van der Waals surface area contributed by atoms with Gasteiger partial charge in [0.25, 0.3) is 5.91 Å². The molecule has 2 aliphatic rings. The first-order valence-electron chi connectivity index (χ1n) is 8.80. The van der Waals surface area contributed by atoms with Crippen LogP contribution in [-0.2, 0) is 19.2 Å². The molecule has 0 spiro atoms. The van der Waals surface area contributed by atoms with Crippen LogP contribution in [0.2, 0.25) is 0 Å². The topological polar surface area (TPSA) is 68.2 Å². The summed E-state index contributed by atoms with van der Waals surface area (Å²) >= 11 is 0. The van der Waals surface area contributed by atoms with Crippen molar-refractivity contribution in [2.75, 3.05) is 19.7 Å². The SMILES string of the molecule is CCOC(=O)C1CCN(C(=O)[C@]2(C)CC(c3ccccc3)=NO2)CC1. The Balaban J connectivity index is 1.58. The average molecular weight is 344 g/mol. The van der Waals surface area contributed by atoms with Crippen molar-refractivity contribution in [1.29, 1.82) is 0 Å². The van der Waals surface area contributed by atoms with Crippen LogP contribution in [0.15, 0.2) is 35.5 Å². The Morgan fingerprint density at radius 2 is 1.96 bits per heavy atom. The van der Waals surface area contributed by atoms with Crippen molar-refractivity contribution in [2.45, 2.75) is 38.7 Å². The summed E-state index contributed by atoms with van der Waals surface area (Å²) in [4.78, 5) is 32.1. The van der Waals surface area contributed by atoms with E-state index in [-0.39, 0.29) is 17.8 Å². The average Bonchev–Trinajstić information content (AvgIpc) is 3.06. The number of likely N-dealkylation sites (tertiary alicyclic amines) is 1. The highest BCUT2D eigenvalue weighted by molar-refractivity contribution is 6.05. The third-order valence-electron chi connectivity index (χ3n) is 4.82. The van der Waals surface area contributed by atoms with Crippen LogP contribution in [0.3, 0.4) is 0 Å². The molecule has 1 aromatic rings. The molecule has 3 rings (SSSR count). The molecule has 1 atom stereocenters. The van der Waals surface area contributed by atoms with Gasteiger partial charge in [-0.1, -0.05) is 35.5 Å². The molecule has 134 valence electrons. The van der Waals surface area contributed by atoms with E-state index < -0.39 is 5.60 Å². The Labute approximate surface area is 147 Å². The van der Waals surface area contributed by atoms with Crippen LogP contribution in [0.4, 0.5) is 0 Å². The lowest BCUT2D eigenvalue weighted by molar-refractivity contribution is -0.158. The third kappa shape index (κ3) is 3.67. The molecule has 1 aromatic carbocycles. The molecule has 0 radical (unpaired) electrons. The highest BCUT2D eigenvalue weighted by Crippen LogP contribution is 2.30. The Bertz CT molecular complexity index is 665. The first-order chi connectivity index (χ1) is 12.0. The number of carbonyl (C=O) groups is 2. The fraction of sp³-hybridized carbons (Fsp3) is 0.526. The lowest BCUT2D eigenvalue weighted by Gasteiger charge is -2.34. The predicted octanol–water partition coefficient (Wildman–Crippen LogP) is 2.37. The number of nitrogens with zero attached hydrogens (tertiary/aromatic N) is 2. The molecule has 6 heteroatoms. The Hall–Kier alpha value is -2.37. The van der Waals surface area contributed by atoms with Gasteiger partial charge in [-0.05, 0) is 32.3 Å². The maximum Gasteiger partial charge on any atom is 0.309 e. The number of rotatable bonds is 4. The summed E-state index contributed by atoms with van der Waals surface area (Å²) < 4.78 is 5.07. The molecule has 25 heavy (non-hydrogen) atoms. The summed E-state index contributed by atoms with van der Waals surface area (Å²) in [6, 6.07) is 9.75. The highest BCUT2D eigenvalue weighted by atomic mass is 16.7. The Kier molecular flexibility index (Phi) is 5.06. The predicted molar refractivity (Wildman–Crippen MR) is 93.0 cm³/mol. The minimum atomic E-state index is -0.970. The van der Waals surface area contributed by atoms with Gasteiger partial charge in [-0.2, -0.15) is 0 Å². The Morgan fingerprint density at radius 3 is 2.60 bits per heavy atom. The van der Waals surface area contributed by atoms with E-state index in [1.54, 1.807) is 18.7 Å². The number of oxime groups is 1. The van der Waals surface area contributed by atoms with Crippen LogP contribution < -0.4 is 0 Å². The molecule has 1 fully saturated rings. The second-order valence-corrected chi connectivity index (χ2v) is 6.72. The van der Waals surface area contributed by atoms with Gasteiger partial charge in [0.15, 0.2) is 0 Å². The molecule has 2 aliphatic heterocycles. The maximum absolute atomic E-state index is 12.9. The number of amides is 1. The summed E-state index contributed by atoms with van der Waals surface area (Å²) in [5.41, 5.74) is 0.792. The number of hydrogen-bond acceptors (Lipinski definition) is 5. The van der Waals surface area contributed by atoms with Crippen molar-refractivity contribution in [3.8, 4) is 0 Å². The minimum absolute atomic E-state index is 0.0653. The summed E-state index contributed by atoms with van der Waals surface area (Å²) in [6.45, 7) is 5.07. The number of carbonyl (C=O) groups excluding carboxylic acids is 2. The summed E-state index contributed by atoms with van der Waals surface area (Å²) in [6.07, 6.45) is 1.72. The number of benzene rings is 1. The number of piperidine rings is 1. The van der Waals surface area contributed by atoms with Crippen LogP contribution in [0.5, 0.6) is 0 Å². The van der Waals surface area contributed by atoms with Gasteiger partial charge in [0.1, 0.15) is 0 Å². The smallest absolute Gasteiger partial charge is 0.309 e. The zero-order valence-electron chi connectivity index (χ0n) is 14.7. The molecule has 2 heterocycles. The van der Waals surface area contributed by atoms with Crippen LogP contribution in [0.25, 0.3) is 0 Å². The van der Waals surface area contributed by atoms with Crippen molar-refractivity contribution >= 4 is 17.6 Å². The lowest BCUT2D eigenvalue weighted by Crippen LogP contribution is -2.50. The van der Waals surface area contributed by atoms with Gasteiger partial charge >= 0.3 is 5.97 Å².